The van der Waals surface area contributed by atoms with E-state index in [1.807, 2.05) is 12.1 Å². The Kier molecular flexibility index (Phi) is 5.88. The Balaban J connectivity index is 1.35. The molecule has 0 saturated carbocycles. The molecule has 0 spiro atoms. The highest BCUT2D eigenvalue weighted by Gasteiger charge is 2.30. The van der Waals surface area contributed by atoms with E-state index in [9.17, 15) is 18.0 Å². The minimum Gasteiger partial charge on any atom is -0.326 e. The SMILES string of the molecule is O=C(Cc1c[n+](Cc2ccc(-c3cncnc3)nc2)no1)Nc1cccc(C(F)(F)F)c1. The fraction of sp³-hybridized carbons (Fsp3) is 0.143. The Labute approximate surface area is 179 Å². The molecular weight excluding hydrogens is 425 g/mol. The smallest absolute Gasteiger partial charge is 0.326 e. The van der Waals surface area contributed by atoms with Crippen LogP contribution in [0.2, 0.25) is 0 Å². The highest BCUT2D eigenvalue weighted by atomic mass is 19.4. The number of pyridine rings is 1. The zero-order chi connectivity index (χ0) is 22.6. The number of anilines is 1. The molecule has 0 saturated heterocycles. The fourth-order valence-corrected chi connectivity index (χ4v) is 2.91. The summed E-state index contributed by atoms with van der Waals surface area (Å²) in [6.45, 7) is 0.358. The first-order valence-corrected chi connectivity index (χ1v) is 9.39. The van der Waals surface area contributed by atoms with Gasteiger partial charge in [0.15, 0.2) is 5.27 Å². The monoisotopic (exact) mass is 441 g/mol. The van der Waals surface area contributed by atoms with Gasteiger partial charge in [0, 0.05) is 35.4 Å². The molecular formula is C21H16F3N6O2+. The molecule has 3 aromatic heterocycles. The van der Waals surface area contributed by atoms with E-state index in [1.165, 1.54) is 23.1 Å². The lowest BCUT2D eigenvalue weighted by atomic mass is 10.2. The molecule has 0 radical (unpaired) electrons. The van der Waals surface area contributed by atoms with Crippen LogP contribution in [0.15, 0.2) is 72.0 Å². The Morgan fingerprint density at radius 3 is 2.62 bits per heavy atom. The molecule has 162 valence electrons. The maximum atomic E-state index is 12.8. The first kappa shape index (κ1) is 21.1. The van der Waals surface area contributed by atoms with E-state index in [0.29, 0.717) is 6.54 Å². The van der Waals surface area contributed by atoms with Crippen LogP contribution in [0.5, 0.6) is 0 Å². The first-order valence-electron chi connectivity index (χ1n) is 9.39. The maximum absolute atomic E-state index is 12.8. The number of carbonyl (C=O) groups excluding carboxylic acids is 1. The van der Waals surface area contributed by atoms with Gasteiger partial charge < -0.3 is 9.84 Å². The third-order valence-electron chi connectivity index (χ3n) is 4.39. The molecule has 0 aliphatic rings. The minimum absolute atomic E-state index is 0.0483. The van der Waals surface area contributed by atoms with Gasteiger partial charge in [-0.3, -0.25) is 9.78 Å². The second-order valence-electron chi connectivity index (χ2n) is 6.85. The van der Waals surface area contributed by atoms with Gasteiger partial charge >= 0.3 is 6.18 Å². The van der Waals surface area contributed by atoms with Crippen LogP contribution in [0, 0.1) is 0 Å². The molecule has 1 N–H and O–H groups in total. The predicted molar refractivity (Wildman–Crippen MR) is 105 cm³/mol. The number of halogens is 3. The summed E-state index contributed by atoms with van der Waals surface area (Å²) in [6, 6.07) is 8.12. The van der Waals surface area contributed by atoms with Crippen molar-refractivity contribution in [1.82, 2.24) is 20.2 Å². The summed E-state index contributed by atoms with van der Waals surface area (Å²) in [6.07, 6.45) is 3.34. The van der Waals surface area contributed by atoms with Gasteiger partial charge in [0.05, 0.1) is 17.7 Å². The standard InChI is InChI=1S/C21H15F3N6O2/c22-21(23,24)16-2-1-3-17(6-16)28-20(31)7-18-12-30(29-32-18)11-14-4-5-19(27-8-14)15-9-25-13-26-10-15/h1-6,8-10,12-13H,7,11H2/p+1. The summed E-state index contributed by atoms with van der Waals surface area (Å²) in [5, 5.41) is 6.29. The van der Waals surface area contributed by atoms with E-state index in [4.69, 9.17) is 4.52 Å². The van der Waals surface area contributed by atoms with Crippen molar-refractivity contribution >= 4 is 11.6 Å². The lowest BCUT2D eigenvalue weighted by molar-refractivity contribution is -0.754. The number of nitrogens with zero attached hydrogens (tertiary/aromatic N) is 5. The highest BCUT2D eigenvalue weighted by Crippen LogP contribution is 2.30. The van der Waals surface area contributed by atoms with Gasteiger partial charge in [-0.25, -0.2) is 9.97 Å². The van der Waals surface area contributed by atoms with Crippen LogP contribution in [0.1, 0.15) is 16.9 Å². The van der Waals surface area contributed by atoms with Gasteiger partial charge in [-0.15, -0.1) is 0 Å². The first-order chi connectivity index (χ1) is 15.4. The lowest BCUT2D eigenvalue weighted by Crippen LogP contribution is -2.35. The Hall–Kier alpha value is -4.15. The van der Waals surface area contributed by atoms with Crippen molar-refractivity contribution in [2.45, 2.75) is 19.1 Å². The number of hydrogen-bond acceptors (Lipinski definition) is 6. The summed E-state index contributed by atoms with van der Waals surface area (Å²) in [4.78, 5) is 24.5. The molecule has 8 nitrogen and oxygen atoms in total. The topological polar surface area (TPSA) is 97.7 Å². The second kappa shape index (κ2) is 8.92. The van der Waals surface area contributed by atoms with Crippen molar-refractivity contribution in [1.29, 1.82) is 0 Å². The third kappa shape index (κ3) is 5.31. The van der Waals surface area contributed by atoms with E-state index in [1.54, 1.807) is 24.8 Å². The molecule has 1 amide bonds. The molecule has 3 heterocycles. The minimum atomic E-state index is -4.49. The van der Waals surface area contributed by atoms with Crippen LogP contribution >= 0.6 is 0 Å². The van der Waals surface area contributed by atoms with Crippen molar-refractivity contribution in [3.05, 3.63) is 84.4 Å². The summed E-state index contributed by atoms with van der Waals surface area (Å²) in [7, 11) is 0. The molecule has 1 aromatic carbocycles. The molecule has 32 heavy (non-hydrogen) atoms. The number of carbonyl (C=O) groups is 1. The molecule has 0 aliphatic carbocycles. The van der Waals surface area contributed by atoms with Gasteiger partial charge in [0.25, 0.3) is 0 Å². The number of amides is 1. The molecule has 11 heteroatoms. The zero-order valence-electron chi connectivity index (χ0n) is 16.5. The number of alkyl halides is 3. The lowest BCUT2D eigenvalue weighted by Gasteiger charge is -2.09. The number of rotatable bonds is 6. The van der Waals surface area contributed by atoms with E-state index in [0.717, 1.165) is 29.0 Å². The van der Waals surface area contributed by atoms with Crippen LogP contribution in [-0.4, -0.2) is 26.1 Å². The fourth-order valence-electron chi connectivity index (χ4n) is 2.91. The summed E-state index contributed by atoms with van der Waals surface area (Å²) < 4.78 is 45.0. The summed E-state index contributed by atoms with van der Waals surface area (Å²) in [5.41, 5.74) is 1.58. The largest absolute Gasteiger partial charge is 0.416 e. The Morgan fingerprint density at radius 1 is 1.09 bits per heavy atom. The van der Waals surface area contributed by atoms with Crippen LogP contribution < -0.4 is 10.00 Å². The van der Waals surface area contributed by atoms with Crippen molar-refractivity contribution < 1.29 is 27.2 Å². The van der Waals surface area contributed by atoms with Crippen molar-refractivity contribution in [2.24, 2.45) is 0 Å². The normalized spacial score (nSPS) is 11.3. The van der Waals surface area contributed by atoms with Crippen LogP contribution in [-0.2, 0) is 23.9 Å². The molecule has 0 bridgehead atoms. The Bertz CT molecular complexity index is 1210. The van der Waals surface area contributed by atoms with Gasteiger partial charge in [-0.1, -0.05) is 6.07 Å². The molecule has 0 atom stereocenters. The van der Waals surface area contributed by atoms with E-state index >= 15 is 0 Å². The van der Waals surface area contributed by atoms with Crippen molar-refractivity contribution in [2.75, 3.05) is 5.32 Å². The molecule has 4 aromatic rings. The molecule has 0 unspecified atom stereocenters. The van der Waals surface area contributed by atoms with Gasteiger partial charge in [-0.2, -0.15) is 13.2 Å². The molecule has 0 aliphatic heterocycles. The predicted octanol–water partition coefficient (Wildman–Crippen LogP) is 3.06. The van der Waals surface area contributed by atoms with Crippen LogP contribution in [0.25, 0.3) is 11.3 Å². The average molecular weight is 441 g/mol. The van der Waals surface area contributed by atoms with Gasteiger partial charge in [-0.05, 0) is 35.0 Å². The van der Waals surface area contributed by atoms with Crippen LogP contribution in [0.3, 0.4) is 0 Å². The zero-order valence-corrected chi connectivity index (χ0v) is 16.5. The number of aromatic nitrogens is 5. The van der Waals surface area contributed by atoms with Gasteiger partial charge in [0.1, 0.15) is 6.33 Å². The van der Waals surface area contributed by atoms with E-state index in [2.05, 4.69) is 25.5 Å². The second-order valence-corrected chi connectivity index (χ2v) is 6.85. The third-order valence-corrected chi connectivity index (χ3v) is 4.39. The average Bonchev–Trinajstić information content (AvgIpc) is 3.21. The quantitative estimate of drug-likeness (QED) is 0.462. The van der Waals surface area contributed by atoms with Gasteiger partial charge in [0.2, 0.25) is 24.4 Å². The Morgan fingerprint density at radius 2 is 1.91 bits per heavy atom. The number of nitrogens with one attached hydrogen (secondary N) is 1. The number of hydrogen-bond donors (Lipinski definition) is 1. The van der Waals surface area contributed by atoms with Crippen molar-refractivity contribution in [3.8, 4) is 11.3 Å². The number of benzene rings is 1. The highest BCUT2D eigenvalue weighted by molar-refractivity contribution is 5.91. The summed E-state index contributed by atoms with van der Waals surface area (Å²) >= 11 is 0. The van der Waals surface area contributed by atoms with Crippen LogP contribution in [0.4, 0.5) is 18.9 Å². The molecule has 0 fully saturated rings. The summed E-state index contributed by atoms with van der Waals surface area (Å²) in [5.74, 6) is -0.260. The van der Waals surface area contributed by atoms with E-state index < -0.39 is 17.6 Å². The maximum Gasteiger partial charge on any atom is 0.416 e. The van der Waals surface area contributed by atoms with E-state index in [-0.39, 0.29) is 17.9 Å². The molecule has 4 rings (SSSR count). The van der Waals surface area contributed by atoms with Crippen molar-refractivity contribution in [3.63, 3.8) is 0 Å².